The van der Waals surface area contributed by atoms with E-state index in [9.17, 15) is 19.5 Å². The van der Waals surface area contributed by atoms with Gasteiger partial charge in [-0.25, -0.2) is 4.68 Å². The van der Waals surface area contributed by atoms with E-state index in [0.29, 0.717) is 13.0 Å². The maximum Gasteiger partial charge on any atom is 0.308 e. The molecule has 1 amide bonds. The summed E-state index contributed by atoms with van der Waals surface area (Å²) in [5, 5.41) is 18.3. The van der Waals surface area contributed by atoms with Crippen LogP contribution in [0.25, 0.3) is 10.8 Å². The van der Waals surface area contributed by atoms with E-state index in [1.165, 1.54) is 16.8 Å². The smallest absolute Gasteiger partial charge is 0.308 e. The van der Waals surface area contributed by atoms with Crippen molar-refractivity contribution < 1.29 is 14.7 Å². The largest absolute Gasteiger partial charge is 0.481 e. The average Bonchev–Trinajstić information content (AvgIpc) is 2.70. The maximum absolute atomic E-state index is 12.3. The van der Waals surface area contributed by atoms with Crippen LogP contribution in [-0.4, -0.2) is 33.3 Å². The number of carboxylic acids is 1. The maximum atomic E-state index is 12.3. The molecule has 0 spiro atoms. The summed E-state index contributed by atoms with van der Waals surface area (Å²) < 4.78 is 1.18. The number of carbonyl (C=O) groups excluding carboxylic acids is 1. The van der Waals surface area contributed by atoms with Gasteiger partial charge in [0.15, 0.2) is 0 Å². The van der Waals surface area contributed by atoms with E-state index in [1.54, 1.807) is 6.92 Å². The average molecular weight is 379 g/mol. The summed E-state index contributed by atoms with van der Waals surface area (Å²) >= 11 is 0. The molecule has 0 aliphatic carbocycles. The van der Waals surface area contributed by atoms with Gasteiger partial charge in [-0.3, -0.25) is 14.4 Å². The molecule has 3 rings (SSSR count). The number of carbonyl (C=O) groups is 2. The van der Waals surface area contributed by atoms with E-state index in [4.69, 9.17) is 0 Å². The number of rotatable bonds is 7. The number of carboxylic acid groups (broad SMARTS) is 1. The van der Waals surface area contributed by atoms with Gasteiger partial charge in [0.2, 0.25) is 0 Å². The molecule has 0 fully saturated rings. The summed E-state index contributed by atoms with van der Waals surface area (Å²) in [4.78, 5) is 35.5. The summed E-state index contributed by atoms with van der Waals surface area (Å²) in [7, 11) is 0. The van der Waals surface area contributed by atoms with Crippen molar-refractivity contribution in [3.8, 4) is 0 Å². The molecule has 0 aliphatic heterocycles. The summed E-state index contributed by atoms with van der Waals surface area (Å²) in [6.07, 6.45) is 0.294. The fraction of sp³-hybridized carbons (Fsp3) is 0.238. The highest BCUT2D eigenvalue weighted by molar-refractivity contribution is 5.92. The fourth-order valence-corrected chi connectivity index (χ4v) is 3.00. The molecule has 0 unspecified atom stereocenters. The van der Waals surface area contributed by atoms with Gasteiger partial charge in [0.05, 0.1) is 5.92 Å². The highest BCUT2D eigenvalue weighted by Gasteiger charge is 2.20. The minimum atomic E-state index is -0.986. The Morgan fingerprint density at radius 3 is 2.57 bits per heavy atom. The van der Waals surface area contributed by atoms with Crippen LogP contribution < -0.4 is 10.9 Å². The van der Waals surface area contributed by atoms with Crippen LogP contribution in [0.1, 0.15) is 23.0 Å². The lowest BCUT2D eigenvalue weighted by atomic mass is 9.97. The minimum absolute atomic E-state index is 0.0338. The van der Waals surface area contributed by atoms with Gasteiger partial charge < -0.3 is 10.4 Å². The standard InChI is InChI=1S/C21H21N3O4/c1-2-24-19(25)10-9-18(23-24)20(26)22-13-17(21(27)28)12-14-7-8-15-5-3-4-6-16(15)11-14/h3-11,17H,2,12-13H2,1H3,(H,22,26)(H,27,28)/t17-/m0/s1. The third-order valence-corrected chi connectivity index (χ3v) is 4.55. The van der Waals surface area contributed by atoms with E-state index in [-0.39, 0.29) is 17.8 Å². The molecule has 1 heterocycles. The molecule has 2 aromatic carbocycles. The van der Waals surface area contributed by atoms with Crippen molar-refractivity contribution >= 4 is 22.6 Å². The second-order valence-corrected chi connectivity index (χ2v) is 6.50. The van der Waals surface area contributed by atoms with Crippen molar-refractivity contribution in [3.05, 3.63) is 76.2 Å². The number of aryl methyl sites for hydroxylation is 1. The van der Waals surface area contributed by atoms with Gasteiger partial charge >= 0.3 is 5.97 Å². The molecule has 144 valence electrons. The topological polar surface area (TPSA) is 101 Å². The molecule has 3 aromatic rings. The SMILES string of the molecule is CCn1nc(C(=O)NC[C@H](Cc2ccc3ccccc3c2)C(=O)O)ccc1=O. The van der Waals surface area contributed by atoms with Gasteiger partial charge in [0, 0.05) is 19.2 Å². The van der Waals surface area contributed by atoms with E-state index in [0.717, 1.165) is 16.3 Å². The molecular weight excluding hydrogens is 358 g/mol. The number of nitrogens with one attached hydrogen (secondary N) is 1. The highest BCUT2D eigenvalue weighted by atomic mass is 16.4. The summed E-state index contributed by atoms with van der Waals surface area (Å²) in [6, 6.07) is 16.3. The number of aromatic nitrogens is 2. The van der Waals surface area contributed by atoms with Crippen LogP contribution in [0.15, 0.2) is 59.4 Å². The number of nitrogens with zero attached hydrogens (tertiary/aromatic N) is 2. The molecule has 0 aliphatic rings. The molecular formula is C21H21N3O4. The Morgan fingerprint density at radius 1 is 1.11 bits per heavy atom. The van der Waals surface area contributed by atoms with Crippen LogP contribution in [0.4, 0.5) is 0 Å². The Kier molecular flexibility index (Phi) is 5.84. The lowest BCUT2D eigenvalue weighted by molar-refractivity contribution is -0.141. The lowest BCUT2D eigenvalue weighted by Crippen LogP contribution is -2.35. The molecule has 0 bridgehead atoms. The Bertz CT molecular complexity index is 1070. The fourth-order valence-electron chi connectivity index (χ4n) is 3.00. The zero-order valence-corrected chi connectivity index (χ0v) is 15.5. The zero-order chi connectivity index (χ0) is 20.1. The van der Waals surface area contributed by atoms with Gasteiger partial charge in [-0.1, -0.05) is 42.5 Å². The van der Waals surface area contributed by atoms with Crippen LogP contribution in [0.3, 0.4) is 0 Å². The normalized spacial score (nSPS) is 11.9. The van der Waals surface area contributed by atoms with Gasteiger partial charge in [0.25, 0.3) is 11.5 Å². The Labute approximate surface area is 161 Å². The second kappa shape index (κ2) is 8.47. The molecule has 1 aromatic heterocycles. The lowest BCUT2D eigenvalue weighted by Gasteiger charge is -2.14. The quantitative estimate of drug-likeness (QED) is 0.655. The van der Waals surface area contributed by atoms with Crippen LogP contribution in [-0.2, 0) is 17.8 Å². The first-order valence-electron chi connectivity index (χ1n) is 9.04. The summed E-state index contributed by atoms with van der Waals surface area (Å²) in [5.74, 6) is -2.27. The second-order valence-electron chi connectivity index (χ2n) is 6.50. The molecule has 7 heteroatoms. The van der Waals surface area contributed by atoms with E-state index in [1.807, 2.05) is 42.5 Å². The number of fused-ring (bicyclic) bond motifs is 1. The van der Waals surface area contributed by atoms with E-state index in [2.05, 4.69) is 10.4 Å². The van der Waals surface area contributed by atoms with Gasteiger partial charge in [-0.05, 0) is 35.7 Å². The van der Waals surface area contributed by atoms with Crippen LogP contribution in [0.2, 0.25) is 0 Å². The molecule has 2 N–H and O–H groups in total. The van der Waals surface area contributed by atoms with Gasteiger partial charge in [-0.2, -0.15) is 5.10 Å². The summed E-state index contributed by atoms with van der Waals surface area (Å²) in [6.45, 7) is 2.06. The Balaban J connectivity index is 1.69. The van der Waals surface area contributed by atoms with Crippen molar-refractivity contribution in [2.75, 3.05) is 6.54 Å². The van der Waals surface area contributed by atoms with Crippen LogP contribution in [0.5, 0.6) is 0 Å². The first-order chi connectivity index (χ1) is 13.5. The zero-order valence-electron chi connectivity index (χ0n) is 15.5. The van der Waals surface area contributed by atoms with E-state index < -0.39 is 17.8 Å². The first kappa shape index (κ1) is 19.3. The Hall–Kier alpha value is -3.48. The van der Waals surface area contributed by atoms with Crippen molar-refractivity contribution in [1.82, 2.24) is 15.1 Å². The van der Waals surface area contributed by atoms with Gasteiger partial charge in [0.1, 0.15) is 5.69 Å². The first-order valence-corrected chi connectivity index (χ1v) is 9.04. The predicted molar refractivity (Wildman–Crippen MR) is 105 cm³/mol. The molecule has 0 saturated heterocycles. The molecule has 0 saturated carbocycles. The third-order valence-electron chi connectivity index (χ3n) is 4.55. The van der Waals surface area contributed by atoms with Crippen molar-refractivity contribution in [3.63, 3.8) is 0 Å². The minimum Gasteiger partial charge on any atom is -0.481 e. The number of benzene rings is 2. The van der Waals surface area contributed by atoms with Crippen LogP contribution >= 0.6 is 0 Å². The number of hydrogen-bond acceptors (Lipinski definition) is 4. The molecule has 28 heavy (non-hydrogen) atoms. The Morgan fingerprint density at radius 2 is 1.86 bits per heavy atom. The van der Waals surface area contributed by atoms with Crippen LogP contribution in [0, 0.1) is 5.92 Å². The van der Waals surface area contributed by atoms with Gasteiger partial charge in [-0.15, -0.1) is 0 Å². The van der Waals surface area contributed by atoms with Crippen molar-refractivity contribution in [1.29, 1.82) is 0 Å². The van der Waals surface area contributed by atoms with Crippen molar-refractivity contribution in [2.45, 2.75) is 19.9 Å². The van der Waals surface area contributed by atoms with Crippen molar-refractivity contribution in [2.24, 2.45) is 5.92 Å². The monoisotopic (exact) mass is 379 g/mol. The predicted octanol–water partition coefficient (Wildman–Crippen LogP) is 2.09. The highest BCUT2D eigenvalue weighted by Crippen LogP contribution is 2.18. The number of amides is 1. The molecule has 1 atom stereocenters. The summed E-state index contributed by atoms with van der Waals surface area (Å²) in [5.41, 5.74) is 0.674. The van der Waals surface area contributed by atoms with E-state index >= 15 is 0 Å². The molecule has 0 radical (unpaired) electrons. The number of aliphatic carboxylic acids is 1. The number of hydrogen-bond donors (Lipinski definition) is 2. The third kappa shape index (κ3) is 4.43. The molecule has 7 nitrogen and oxygen atoms in total.